The predicted octanol–water partition coefficient (Wildman–Crippen LogP) is 5.87. The quantitative estimate of drug-likeness (QED) is 0.180. The van der Waals surface area contributed by atoms with Crippen LogP contribution in [0.5, 0.6) is 0 Å². The normalized spacial score (nSPS) is 15.2. The van der Waals surface area contributed by atoms with Gasteiger partial charge in [-0.15, -0.1) is 0 Å². The Kier molecular flexibility index (Phi) is 13.1. The first-order valence-corrected chi connectivity index (χ1v) is 9.73. The molecule has 0 rings (SSSR count). The van der Waals surface area contributed by atoms with E-state index in [-0.39, 0.29) is 12.1 Å². The highest BCUT2D eigenvalue weighted by Crippen LogP contribution is 2.23. The third-order valence-electron chi connectivity index (χ3n) is 4.05. The maximum Gasteiger partial charge on any atom is 0.338 e. The Morgan fingerprint density at radius 2 is 1.84 bits per heavy atom. The Hall–Kier alpha value is -1.35. The standard InChI is InChI=1S/C22H38O3/c1-8-12-13-25-21(14-17(5)6)20(15-18(7)9-2)16-19(10-3)22(23)24-11-4/h10,15-18,21H,3,8-9,11-14H2,1-2,4-7H3/b19-16+,20-15+. The first-order chi connectivity index (χ1) is 11.9. The van der Waals surface area contributed by atoms with Crippen LogP contribution in [0.1, 0.15) is 67.2 Å². The van der Waals surface area contributed by atoms with Gasteiger partial charge >= 0.3 is 5.97 Å². The molecule has 0 heterocycles. The minimum absolute atomic E-state index is 0.00933. The Balaban J connectivity index is 5.69. The van der Waals surface area contributed by atoms with Crippen molar-refractivity contribution in [2.75, 3.05) is 13.2 Å². The van der Waals surface area contributed by atoms with E-state index in [4.69, 9.17) is 9.47 Å². The summed E-state index contributed by atoms with van der Waals surface area (Å²) in [5.74, 6) is 0.600. The van der Waals surface area contributed by atoms with Crippen LogP contribution in [0.2, 0.25) is 0 Å². The fourth-order valence-electron chi connectivity index (χ4n) is 2.39. The maximum absolute atomic E-state index is 12.1. The van der Waals surface area contributed by atoms with E-state index < -0.39 is 0 Å². The number of esters is 1. The first-order valence-electron chi connectivity index (χ1n) is 9.73. The molecule has 0 aliphatic rings. The summed E-state index contributed by atoms with van der Waals surface area (Å²) in [6.07, 6.45) is 9.80. The van der Waals surface area contributed by atoms with Crippen molar-refractivity contribution in [3.63, 3.8) is 0 Å². The smallest absolute Gasteiger partial charge is 0.338 e. The van der Waals surface area contributed by atoms with Gasteiger partial charge in [-0.1, -0.05) is 66.2 Å². The van der Waals surface area contributed by atoms with E-state index in [0.29, 0.717) is 24.0 Å². The highest BCUT2D eigenvalue weighted by Gasteiger charge is 2.18. The lowest BCUT2D eigenvalue weighted by Gasteiger charge is -2.23. The number of hydrogen-bond donors (Lipinski definition) is 0. The predicted molar refractivity (Wildman–Crippen MR) is 107 cm³/mol. The van der Waals surface area contributed by atoms with E-state index >= 15 is 0 Å². The summed E-state index contributed by atoms with van der Waals surface area (Å²) >= 11 is 0. The van der Waals surface area contributed by atoms with Crippen LogP contribution in [0.15, 0.2) is 36.0 Å². The second kappa shape index (κ2) is 13.9. The molecule has 0 saturated heterocycles. The lowest BCUT2D eigenvalue weighted by Crippen LogP contribution is -2.20. The maximum atomic E-state index is 12.1. The minimum Gasteiger partial charge on any atom is -0.462 e. The van der Waals surface area contributed by atoms with Gasteiger partial charge in [-0.3, -0.25) is 0 Å². The van der Waals surface area contributed by atoms with Crippen molar-refractivity contribution in [2.45, 2.75) is 73.3 Å². The van der Waals surface area contributed by atoms with Gasteiger partial charge in [-0.25, -0.2) is 4.79 Å². The Morgan fingerprint density at radius 3 is 2.32 bits per heavy atom. The lowest BCUT2D eigenvalue weighted by atomic mass is 9.94. The van der Waals surface area contributed by atoms with Gasteiger partial charge in [0.25, 0.3) is 0 Å². The molecule has 0 aromatic carbocycles. The summed E-state index contributed by atoms with van der Waals surface area (Å²) < 4.78 is 11.3. The molecule has 0 aromatic heterocycles. The molecule has 0 aliphatic heterocycles. The van der Waals surface area contributed by atoms with Crippen molar-refractivity contribution in [1.82, 2.24) is 0 Å². The summed E-state index contributed by atoms with van der Waals surface area (Å²) in [5, 5.41) is 0. The molecule has 0 fully saturated rings. The van der Waals surface area contributed by atoms with Crippen LogP contribution in [0.3, 0.4) is 0 Å². The van der Waals surface area contributed by atoms with E-state index in [0.717, 1.165) is 37.9 Å². The van der Waals surface area contributed by atoms with Crippen molar-refractivity contribution in [2.24, 2.45) is 11.8 Å². The number of carbonyl (C=O) groups is 1. The van der Waals surface area contributed by atoms with Crippen molar-refractivity contribution >= 4 is 5.97 Å². The van der Waals surface area contributed by atoms with Crippen LogP contribution >= 0.6 is 0 Å². The van der Waals surface area contributed by atoms with Crippen molar-refractivity contribution in [3.05, 3.63) is 36.0 Å². The Bertz CT molecular complexity index is 446. The van der Waals surface area contributed by atoms with Crippen LogP contribution in [-0.4, -0.2) is 25.3 Å². The molecule has 2 unspecified atom stereocenters. The fourth-order valence-corrected chi connectivity index (χ4v) is 2.39. The van der Waals surface area contributed by atoms with E-state index in [2.05, 4.69) is 47.3 Å². The number of unbranched alkanes of at least 4 members (excludes halogenated alkanes) is 1. The second-order valence-electron chi connectivity index (χ2n) is 6.92. The SMILES string of the molecule is C=C/C(=C\C(=C/C(C)CC)C(CC(C)C)OCCCC)C(=O)OCC. The molecular formula is C22H38O3. The molecule has 3 nitrogen and oxygen atoms in total. The average Bonchev–Trinajstić information content (AvgIpc) is 2.57. The molecule has 0 amide bonds. The molecule has 0 bridgehead atoms. The first kappa shape index (κ1) is 23.6. The lowest BCUT2D eigenvalue weighted by molar-refractivity contribution is -0.138. The molecule has 0 radical (unpaired) electrons. The largest absolute Gasteiger partial charge is 0.462 e. The number of rotatable bonds is 13. The van der Waals surface area contributed by atoms with Crippen LogP contribution in [0.4, 0.5) is 0 Å². The van der Waals surface area contributed by atoms with Crippen molar-refractivity contribution < 1.29 is 14.3 Å². The van der Waals surface area contributed by atoms with Crippen LogP contribution in [0, 0.1) is 11.8 Å². The topological polar surface area (TPSA) is 35.5 Å². The van der Waals surface area contributed by atoms with Gasteiger partial charge in [-0.05, 0) is 43.3 Å². The monoisotopic (exact) mass is 350 g/mol. The van der Waals surface area contributed by atoms with Crippen LogP contribution in [-0.2, 0) is 14.3 Å². The molecule has 0 aromatic rings. The zero-order valence-electron chi connectivity index (χ0n) is 17.1. The summed E-state index contributed by atoms with van der Waals surface area (Å²) in [6, 6.07) is 0. The molecule has 0 saturated carbocycles. The summed E-state index contributed by atoms with van der Waals surface area (Å²) in [7, 11) is 0. The van der Waals surface area contributed by atoms with Gasteiger partial charge in [0.1, 0.15) is 0 Å². The van der Waals surface area contributed by atoms with Gasteiger partial charge in [0.2, 0.25) is 0 Å². The highest BCUT2D eigenvalue weighted by molar-refractivity contribution is 5.92. The average molecular weight is 351 g/mol. The zero-order valence-corrected chi connectivity index (χ0v) is 17.1. The number of hydrogen-bond acceptors (Lipinski definition) is 3. The summed E-state index contributed by atoms with van der Waals surface area (Å²) in [5.41, 5.74) is 1.55. The molecular weight excluding hydrogens is 312 g/mol. The van der Waals surface area contributed by atoms with Crippen LogP contribution < -0.4 is 0 Å². The van der Waals surface area contributed by atoms with Gasteiger partial charge in [0.05, 0.1) is 18.3 Å². The number of carbonyl (C=O) groups excluding carboxylic acids is 1. The summed E-state index contributed by atoms with van der Waals surface area (Å²) in [4.78, 5) is 12.1. The molecule has 2 atom stereocenters. The fraction of sp³-hybridized carbons (Fsp3) is 0.682. The van der Waals surface area contributed by atoms with E-state index in [1.807, 2.05) is 13.0 Å². The number of ether oxygens (including phenoxy) is 2. The Labute approximate surface area is 155 Å². The molecule has 0 N–H and O–H groups in total. The molecule has 0 aliphatic carbocycles. The third-order valence-corrected chi connectivity index (χ3v) is 4.05. The van der Waals surface area contributed by atoms with Gasteiger partial charge < -0.3 is 9.47 Å². The summed E-state index contributed by atoms with van der Waals surface area (Å²) in [6.45, 7) is 17.6. The minimum atomic E-state index is -0.329. The second-order valence-corrected chi connectivity index (χ2v) is 6.92. The zero-order chi connectivity index (χ0) is 19.2. The van der Waals surface area contributed by atoms with Gasteiger partial charge in [0.15, 0.2) is 0 Å². The third kappa shape index (κ3) is 10.3. The van der Waals surface area contributed by atoms with E-state index in [1.165, 1.54) is 0 Å². The van der Waals surface area contributed by atoms with Gasteiger partial charge in [-0.2, -0.15) is 0 Å². The van der Waals surface area contributed by atoms with Crippen LogP contribution in [0.25, 0.3) is 0 Å². The number of allylic oxidation sites excluding steroid dienone is 1. The van der Waals surface area contributed by atoms with Crippen molar-refractivity contribution in [3.8, 4) is 0 Å². The van der Waals surface area contributed by atoms with Gasteiger partial charge in [0, 0.05) is 6.61 Å². The Morgan fingerprint density at radius 1 is 1.16 bits per heavy atom. The molecule has 25 heavy (non-hydrogen) atoms. The van der Waals surface area contributed by atoms with E-state index in [9.17, 15) is 4.79 Å². The van der Waals surface area contributed by atoms with E-state index in [1.54, 1.807) is 6.08 Å². The van der Waals surface area contributed by atoms with Crippen molar-refractivity contribution in [1.29, 1.82) is 0 Å². The molecule has 144 valence electrons. The molecule has 0 spiro atoms. The highest BCUT2D eigenvalue weighted by atomic mass is 16.5. The molecule has 3 heteroatoms.